The van der Waals surface area contributed by atoms with Gasteiger partial charge in [0.15, 0.2) is 0 Å². The van der Waals surface area contributed by atoms with Crippen LogP contribution >= 0.6 is 27.5 Å². The molecule has 37 heavy (non-hydrogen) atoms. The third kappa shape index (κ3) is 7.56. The van der Waals surface area contributed by atoms with Crippen molar-refractivity contribution in [1.82, 2.24) is 10.2 Å². The van der Waals surface area contributed by atoms with E-state index in [4.69, 9.17) is 11.6 Å². The molecule has 0 aliphatic rings. The van der Waals surface area contributed by atoms with Gasteiger partial charge >= 0.3 is 0 Å². The van der Waals surface area contributed by atoms with Crippen molar-refractivity contribution >= 4 is 55.1 Å². The van der Waals surface area contributed by atoms with Crippen molar-refractivity contribution in [3.63, 3.8) is 0 Å². The lowest BCUT2D eigenvalue weighted by Crippen LogP contribution is -2.52. The molecule has 0 bridgehead atoms. The van der Waals surface area contributed by atoms with Crippen molar-refractivity contribution in [1.29, 1.82) is 0 Å². The van der Waals surface area contributed by atoms with E-state index < -0.39 is 28.5 Å². The summed E-state index contributed by atoms with van der Waals surface area (Å²) in [5.41, 5.74) is 1.03. The summed E-state index contributed by atoms with van der Waals surface area (Å²) in [6, 6.07) is 20.6. The minimum absolute atomic E-state index is 0.0342. The number of carbonyl (C=O) groups excluding carboxylic acids is 2. The number of benzene rings is 3. The highest BCUT2D eigenvalue weighted by Crippen LogP contribution is 2.27. The summed E-state index contributed by atoms with van der Waals surface area (Å²) in [6.07, 6.45) is 0. The van der Waals surface area contributed by atoms with E-state index in [9.17, 15) is 18.0 Å². The highest BCUT2D eigenvalue weighted by atomic mass is 79.9. The second-order valence-electron chi connectivity index (χ2n) is 8.80. The van der Waals surface area contributed by atoms with Crippen molar-refractivity contribution in [3.05, 3.63) is 93.9 Å². The van der Waals surface area contributed by atoms with E-state index in [1.165, 1.54) is 23.1 Å². The molecule has 3 aromatic carbocycles. The van der Waals surface area contributed by atoms with Crippen LogP contribution in [-0.2, 0) is 26.2 Å². The zero-order valence-corrected chi connectivity index (χ0v) is 23.9. The predicted octanol–water partition coefficient (Wildman–Crippen LogP) is 5.24. The number of sulfonamides is 1. The van der Waals surface area contributed by atoms with Crippen molar-refractivity contribution in [2.75, 3.05) is 10.8 Å². The predicted molar refractivity (Wildman–Crippen MR) is 150 cm³/mol. The lowest BCUT2D eigenvalue weighted by Gasteiger charge is -2.32. The van der Waals surface area contributed by atoms with Crippen LogP contribution in [0.3, 0.4) is 0 Å². The molecule has 7 nitrogen and oxygen atoms in total. The number of amides is 2. The van der Waals surface area contributed by atoms with Crippen LogP contribution in [0.1, 0.15) is 26.3 Å². The third-order valence-electron chi connectivity index (χ3n) is 5.55. The van der Waals surface area contributed by atoms with E-state index >= 15 is 0 Å². The van der Waals surface area contributed by atoms with Gasteiger partial charge in [0.25, 0.3) is 10.0 Å². The molecule has 0 aliphatic heterocycles. The number of hydrogen-bond donors (Lipinski definition) is 1. The van der Waals surface area contributed by atoms with Crippen LogP contribution in [0.2, 0.25) is 5.02 Å². The average molecular weight is 607 g/mol. The summed E-state index contributed by atoms with van der Waals surface area (Å²) in [5.74, 6) is -0.871. The van der Waals surface area contributed by atoms with Crippen molar-refractivity contribution < 1.29 is 18.0 Å². The Morgan fingerprint density at radius 3 is 2.24 bits per heavy atom. The lowest BCUT2D eigenvalue weighted by molar-refractivity contribution is -0.139. The zero-order valence-electron chi connectivity index (χ0n) is 20.8. The average Bonchev–Trinajstić information content (AvgIpc) is 2.85. The van der Waals surface area contributed by atoms with Gasteiger partial charge in [-0.25, -0.2) is 8.42 Å². The van der Waals surface area contributed by atoms with Gasteiger partial charge in [-0.1, -0.05) is 63.9 Å². The van der Waals surface area contributed by atoms with E-state index in [1.807, 2.05) is 38.1 Å². The summed E-state index contributed by atoms with van der Waals surface area (Å²) in [7, 11) is -4.12. The molecule has 10 heteroatoms. The second kappa shape index (κ2) is 12.6. The first kappa shape index (κ1) is 28.7. The number of halogens is 2. The van der Waals surface area contributed by atoms with Gasteiger partial charge in [-0.2, -0.15) is 0 Å². The molecule has 0 spiro atoms. The summed E-state index contributed by atoms with van der Waals surface area (Å²) >= 11 is 9.61. The molecule has 0 aliphatic carbocycles. The molecule has 3 rings (SSSR count). The standard InChI is InChI=1S/C27H29BrClN3O4S/c1-19(2)30-27(34)20(3)31(17-21-9-7-10-22(28)15-21)26(33)18-32(24-12-8-11-23(29)16-24)37(35,36)25-13-5-4-6-14-25/h4-16,19-20H,17-18H2,1-3H3,(H,30,34)/t20-/m1/s1. The van der Waals surface area contributed by atoms with Gasteiger partial charge in [-0.05, 0) is 68.8 Å². The number of nitrogens with one attached hydrogen (secondary N) is 1. The van der Waals surface area contributed by atoms with Crippen molar-refractivity contribution in [2.45, 2.75) is 44.3 Å². The summed E-state index contributed by atoms with van der Waals surface area (Å²) in [4.78, 5) is 28.1. The minimum atomic E-state index is -4.12. The largest absolute Gasteiger partial charge is 0.352 e. The molecule has 1 N–H and O–H groups in total. The summed E-state index contributed by atoms with van der Waals surface area (Å²) < 4.78 is 29.2. The van der Waals surface area contributed by atoms with Crippen LogP contribution in [-0.4, -0.2) is 43.8 Å². The van der Waals surface area contributed by atoms with Gasteiger partial charge in [0, 0.05) is 22.1 Å². The summed E-state index contributed by atoms with van der Waals surface area (Å²) in [5, 5.41) is 3.16. The second-order valence-corrected chi connectivity index (χ2v) is 12.0. The number of anilines is 1. The fourth-order valence-electron chi connectivity index (χ4n) is 3.70. The Balaban J connectivity index is 2.02. The maximum absolute atomic E-state index is 13.8. The number of hydrogen-bond acceptors (Lipinski definition) is 4. The molecule has 0 fully saturated rings. The first-order valence-corrected chi connectivity index (χ1v) is 14.3. The van der Waals surface area contributed by atoms with Gasteiger partial charge in [0.1, 0.15) is 12.6 Å². The molecule has 0 radical (unpaired) electrons. The van der Waals surface area contributed by atoms with Gasteiger partial charge in [0.2, 0.25) is 11.8 Å². The number of nitrogens with zero attached hydrogens (tertiary/aromatic N) is 2. The molecule has 196 valence electrons. The molecule has 0 heterocycles. The van der Waals surface area contributed by atoms with E-state index in [2.05, 4.69) is 21.2 Å². The topological polar surface area (TPSA) is 86.8 Å². The Bertz CT molecular complexity index is 1350. The van der Waals surface area contributed by atoms with E-state index in [-0.39, 0.29) is 29.1 Å². The lowest BCUT2D eigenvalue weighted by atomic mass is 10.1. The Kier molecular flexibility index (Phi) is 9.75. The quantitative estimate of drug-likeness (QED) is 0.342. The Morgan fingerprint density at radius 2 is 1.62 bits per heavy atom. The molecule has 2 amide bonds. The van der Waals surface area contributed by atoms with Crippen LogP contribution in [0, 0.1) is 0 Å². The van der Waals surface area contributed by atoms with Gasteiger partial charge in [-0.3, -0.25) is 13.9 Å². The number of rotatable bonds is 10. The Morgan fingerprint density at radius 1 is 0.946 bits per heavy atom. The van der Waals surface area contributed by atoms with Gasteiger partial charge in [0.05, 0.1) is 10.6 Å². The van der Waals surface area contributed by atoms with Gasteiger partial charge < -0.3 is 10.2 Å². The number of carbonyl (C=O) groups is 2. The van der Waals surface area contributed by atoms with E-state index in [1.54, 1.807) is 43.3 Å². The first-order valence-electron chi connectivity index (χ1n) is 11.7. The highest BCUT2D eigenvalue weighted by Gasteiger charge is 2.32. The normalized spacial score (nSPS) is 12.2. The highest BCUT2D eigenvalue weighted by molar-refractivity contribution is 9.10. The van der Waals surface area contributed by atoms with E-state index in [0.29, 0.717) is 5.02 Å². The first-order chi connectivity index (χ1) is 17.5. The maximum atomic E-state index is 13.8. The molecule has 0 unspecified atom stereocenters. The van der Waals surface area contributed by atoms with Crippen LogP contribution in [0.5, 0.6) is 0 Å². The van der Waals surface area contributed by atoms with Crippen molar-refractivity contribution in [3.8, 4) is 0 Å². The fraction of sp³-hybridized carbons (Fsp3) is 0.259. The summed E-state index contributed by atoms with van der Waals surface area (Å²) in [6.45, 7) is 4.88. The third-order valence-corrected chi connectivity index (χ3v) is 8.06. The minimum Gasteiger partial charge on any atom is -0.352 e. The van der Waals surface area contributed by atoms with Crippen LogP contribution in [0.4, 0.5) is 5.69 Å². The molecule has 0 aromatic heterocycles. The monoisotopic (exact) mass is 605 g/mol. The van der Waals surface area contributed by atoms with Crippen LogP contribution in [0.15, 0.2) is 88.2 Å². The molecule has 0 saturated heterocycles. The maximum Gasteiger partial charge on any atom is 0.264 e. The molecular weight excluding hydrogens is 578 g/mol. The molecule has 3 aromatic rings. The smallest absolute Gasteiger partial charge is 0.264 e. The Hall–Kier alpha value is -2.88. The molecular formula is C27H29BrClN3O4S. The SMILES string of the molecule is CC(C)NC(=O)[C@@H](C)N(Cc1cccc(Br)c1)C(=O)CN(c1cccc(Cl)c1)S(=O)(=O)c1ccccc1. The van der Waals surface area contributed by atoms with Crippen molar-refractivity contribution in [2.24, 2.45) is 0 Å². The van der Waals surface area contributed by atoms with Crippen LogP contribution in [0.25, 0.3) is 0 Å². The zero-order chi connectivity index (χ0) is 27.2. The molecule has 0 saturated carbocycles. The Labute approximate surface area is 231 Å². The van der Waals surface area contributed by atoms with Crippen LogP contribution < -0.4 is 9.62 Å². The van der Waals surface area contributed by atoms with Gasteiger partial charge in [-0.15, -0.1) is 0 Å². The van der Waals surface area contributed by atoms with E-state index in [0.717, 1.165) is 14.3 Å². The fourth-order valence-corrected chi connectivity index (χ4v) is 5.76. The molecule has 1 atom stereocenters.